The van der Waals surface area contributed by atoms with E-state index in [1.807, 2.05) is 6.92 Å². The van der Waals surface area contributed by atoms with E-state index in [9.17, 15) is 13.2 Å². The summed E-state index contributed by atoms with van der Waals surface area (Å²) in [7, 11) is -1.70. The van der Waals surface area contributed by atoms with Gasteiger partial charge in [-0.3, -0.25) is 4.79 Å². The topological polar surface area (TPSA) is 92.7 Å². The molecule has 0 spiro atoms. The summed E-state index contributed by atoms with van der Waals surface area (Å²) in [6, 6.07) is 0. The fourth-order valence-corrected chi connectivity index (χ4v) is 3.12. The Hall–Kier alpha value is -0.660. The molecule has 0 aromatic carbocycles. The molecule has 0 fully saturated rings. The van der Waals surface area contributed by atoms with Crippen molar-refractivity contribution in [1.82, 2.24) is 4.72 Å². The van der Waals surface area contributed by atoms with Crippen molar-refractivity contribution in [2.75, 3.05) is 26.0 Å². The summed E-state index contributed by atoms with van der Waals surface area (Å²) in [5.74, 6) is -0.474. The molecular formula is C13H27NO5S. The van der Waals surface area contributed by atoms with E-state index in [1.54, 1.807) is 0 Å². The van der Waals surface area contributed by atoms with Crippen LogP contribution in [0.5, 0.6) is 0 Å². The van der Waals surface area contributed by atoms with Gasteiger partial charge in [0.15, 0.2) is 0 Å². The highest BCUT2D eigenvalue weighted by Gasteiger charge is 2.13. The third kappa shape index (κ3) is 11.2. The lowest BCUT2D eigenvalue weighted by atomic mass is 9.95. The summed E-state index contributed by atoms with van der Waals surface area (Å²) in [6.45, 7) is 2.85. The average molecular weight is 309 g/mol. The number of carboxylic acid groups (broad SMARTS) is 1. The second-order valence-electron chi connectivity index (χ2n) is 4.94. The lowest BCUT2D eigenvalue weighted by molar-refractivity contribution is -0.137. The Balaban J connectivity index is 3.99. The van der Waals surface area contributed by atoms with E-state index in [-0.39, 0.29) is 18.1 Å². The minimum Gasteiger partial charge on any atom is -0.481 e. The molecule has 0 heterocycles. The first kappa shape index (κ1) is 19.3. The molecule has 0 saturated heterocycles. The van der Waals surface area contributed by atoms with E-state index >= 15 is 0 Å². The molecule has 120 valence electrons. The summed E-state index contributed by atoms with van der Waals surface area (Å²) < 4.78 is 30.7. The highest BCUT2D eigenvalue weighted by Crippen LogP contribution is 2.17. The Morgan fingerprint density at radius 3 is 2.55 bits per heavy atom. The number of carbonyl (C=O) groups is 1. The zero-order chi connectivity index (χ0) is 15.4. The molecule has 20 heavy (non-hydrogen) atoms. The van der Waals surface area contributed by atoms with Crippen molar-refractivity contribution < 1.29 is 23.1 Å². The SMILES string of the molecule is CCCC(CCNS(=O)(=O)CCCOC)CCC(=O)O. The maximum absolute atomic E-state index is 11.7. The standard InChI is InChI=1S/C13H27NO5S/c1-3-5-12(6-7-13(15)16)8-9-14-20(17,18)11-4-10-19-2/h12,14H,3-11H2,1-2H3,(H,15,16). The Kier molecular flexibility index (Phi) is 10.7. The van der Waals surface area contributed by atoms with Gasteiger partial charge in [0.2, 0.25) is 10.0 Å². The predicted octanol–water partition coefficient (Wildman–Crippen LogP) is 1.61. The molecule has 0 amide bonds. The molecule has 0 aliphatic heterocycles. The molecule has 0 aromatic rings. The van der Waals surface area contributed by atoms with E-state index < -0.39 is 16.0 Å². The highest BCUT2D eigenvalue weighted by molar-refractivity contribution is 7.89. The molecule has 0 rings (SSSR count). The van der Waals surface area contributed by atoms with Gasteiger partial charge in [0.1, 0.15) is 0 Å². The molecule has 1 atom stereocenters. The van der Waals surface area contributed by atoms with Gasteiger partial charge in [0, 0.05) is 26.7 Å². The van der Waals surface area contributed by atoms with Crippen LogP contribution < -0.4 is 4.72 Å². The molecule has 6 nitrogen and oxygen atoms in total. The van der Waals surface area contributed by atoms with Crippen LogP contribution in [0.3, 0.4) is 0 Å². The third-order valence-electron chi connectivity index (χ3n) is 3.10. The second-order valence-corrected chi connectivity index (χ2v) is 6.86. The quantitative estimate of drug-likeness (QED) is 0.504. The van der Waals surface area contributed by atoms with Gasteiger partial charge in [-0.15, -0.1) is 0 Å². The molecule has 7 heteroatoms. The molecular weight excluding hydrogens is 282 g/mol. The minimum atomic E-state index is -3.24. The monoisotopic (exact) mass is 309 g/mol. The van der Waals surface area contributed by atoms with E-state index in [2.05, 4.69) is 4.72 Å². The van der Waals surface area contributed by atoms with Crippen LogP contribution in [0.1, 0.15) is 45.4 Å². The summed E-state index contributed by atoms with van der Waals surface area (Å²) in [5.41, 5.74) is 0. The smallest absolute Gasteiger partial charge is 0.303 e. The zero-order valence-electron chi connectivity index (χ0n) is 12.4. The van der Waals surface area contributed by atoms with Gasteiger partial charge in [-0.2, -0.15) is 0 Å². The normalized spacial score (nSPS) is 13.3. The van der Waals surface area contributed by atoms with Crippen LogP contribution in [0.4, 0.5) is 0 Å². The lowest BCUT2D eigenvalue weighted by Gasteiger charge is -2.15. The van der Waals surface area contributed by atoms with Crippen LogP contribution in [0.15, 0.2) is 0 Å². The molecule has 0 saturated carbocycles. The number of nitrogens with one attached hydrogen (secondary N) is 1. The van der Waals surface area contributed by atoms with Crippen LogP contribution in [0, 0.1) is 5.92 Å². The van der Waals surface area contributed by atoms with Gasteiger partial charge in [0.05, 0.1) is 5.75 Å². The van der Waals surface area contributed by atoms with Gasteiger partial charge in [0.25, 0.3) is 0 Å². The average Bonchev–Trinajstić information content (AvgIpc) is 2.35. The molecule has 0 radical (unpaired) electrons. The zero-order valence-corrected chi connectivity index (χ0v) is 13.2. The molecule has 1 unspecified atom stereocenters. The summed E-state index contributed by atoms with van der Waals surface area (Å²) in [5, 5.41) is 8.68. The van der Waals surface area contributed by atoms with Crippen LogP contribution in [0.2, 0.25) is 0 Å². The van der Waals surface area contributed by atoms with Gasteiger partial charge in [-0.05, 0) is 25.2 Å². The molecule has 0 aromatic heterocycles. The van der Waals surface area contributed by atoms with Gasteiger partial charge in [-0.25, -0.2) is 13.1 Å². The van der Waals surface area contributed by atoms with Crippen molar-refractivity contribution in [1.29, 1.82) is 0 Å². The van der Waals surface area contributed by atoms with Crippen LogP contribution in [-0.4, -0.2) is 45.5 Å². The van der Waals surface area contributed by atoms with Crippen molar-refractivity contribution in [2.24, 2.45) is 5.92 Å². The number of hydrogen-bond donors (Lipinski definition) is 2. The van der Waals surface area contributed by atoms with Crippen LogP contribution in [0.25, 0.3) is 0 Å². The van der Waals surface area contributed by atoms with Crippen LogP contribution in [-0.2, 0) is 19.6 Å². The fourth-order valence-electron chi connectivity index (χ4n) is 2.05. The van der Waals surface area contributed by atoms with Crippen molar-refractivity contribution in [3.63, 3.8) is 0 Å². The van der Waals surface area contributed by atoms with E-state index in [1.165, 1.54) is 7.11 Å². The van der Waals surface area contributed by atoms with Crippen molar-refractivity contribution in [3.05, 3.63) is 0 Å². The summed E-state index contributed by atoms with van der Waals surface area (Å²) in [4.78, 5) is 10.6. The number of sulfonamides is 1. The van der Waals surface area contributed by atoms with Crippen LogP contribution >= 0.6 is 0 Å². The Morgan fingerprint density at radius 2 is 2.00 bits per heavy atom. The highest BCUT2D eigenvalue weighted by atomic mass is 32.2. The maximum atomic E-state index is 11.7. The fraction of sp³-hybridized carbons (Fsp3) is 0.923. The second kappa shape index (κ2) is 11.0. The van der Waals surface area contributed by atoms with Gasteiger partial charge in [-0.1, -0.05) is 19.8 Å². The number of methoxy groups -OCH3 is 1. The Morgan fingerprint density at radius 1 is 1.30 bits per heavy atom. The van der Waals surface area contributed by atoms with Crippen molar-refractivity contribution in [2.45, 2.75) is 45.4 Å². The number of rotatable bonds is 13. The van der Waals surface area contributed by atoms with E-state index in [0.717, 1.165) is 12.8 Å². The largest absolute Gasteiger partial charge is 0.481 e. The lowest BCUT2D eigenvalue weighted by Crippen LogP contribution is -2.29. The summed E-state index contributed by atoms with van der Waals surface area (Å²) in [6.07, 6.45) is 3.82. The third-order valence-corrected chi connectivity index (χ3v) is 4.57. The first-order valence-corrected chi connectivity index (χ1v) is 8.74. The first-order chi connectivity index (χ1) is 9.41. The van der Waals surface area contributed by atoms with Gasteiger partial charge >= 0.3 is 5.97 Å². The molecule has 0 bridgehead atoms. The Labute approximate surface area is 121 Å². The Bertz CT molecular complexity index is 356. The number of aliphatic carboxylic acids is 1. The first-order valence-electron chi connectivity index (χ1n) is 7.09. The molecule has 0 aliphatic rings. The molecule has 0 aliphatic carbocycles. The number of carboxylic acids is 1. The minimum absolute atomic E-state index is 0.0639. The maximum Gasteiger partial charge on any atom is 0.303 e. The molecule has 2 N–H and O–H groups in total. The summed E-state index contributed by atoms with van der Waals surface area (Å²) >= 11 is 0. The van der Waals surface area contributed by atoms with Crippen molar-refractivity contribution in [3.8, 4) is 0 Å². The number of ether oxygens (including phenoxy) is 1. The number of hydrogen-bond acceptors (Lipinski definition) is 4. The van der Waals surface area contributed by atoms with Gasteiger partial charge < -0.3 is 9.84 Å². The van der Waals surface area contributed by atoms with Crippen molar-refractivity contribution >= 4 is 16.0 Å². The predicted molar refractivity (Wildman–Crippen MR) is 78.2 cm³/mol. The van der Waals surface area contributed by atoms with E-state index in [0.29, 0.717) is 32.4 Å². The van der Waals surface area contributed by atoms with E-state index in [4.69, 9.17) is 9.84 Å².